The summed E-state index contributed by atoms with van der Waals surface area (Å²) >= 11 is 5.99. The third-order valence-electron chi connectivity index (χ3n) is 5.53. The molecular weight excluding hydrogens is 486 g/mol. The van der Waals surface area contributed by atoms with Crippen molar-refractivity contribution in [3.05, 3.63) is 100 Å². The summed E-state index contributed by atoms with van der Waals surface area (Å²) < 4.78 is 26.5. The van der Waals surface area contributed by atoms with E-state index in [1.54, 1.807) is 54.6 Å². The molecule has 0 unspecified atom stereocenters. The van der Waals surface area contributed by atoms with Gasteiger partial charge in [-0.25, -0.2) is 13.2 Å². The molecule has 6 nitrogen and oxygen atoms in total. The summed E-state index contributed by atoms with van der Waals surface area (Å²) in [5.74, 6) is -1.15. The molecule has 0 spiro atoms. The Kier molecular flexibility index (Phi) is 8.86. The number of benzene rings is 3. The molecule has 0 fully saturated rings. The Bertz CT molecular complexity index is 1320. The number of hydrogen-bond acceptors (Lipinski definition) is 5. The lowest BCUT2D eigenvalue weighted by Crippen LogP contribution is -2.32. The molecule has 2 atom stereocenters. The van der Waals surface area contributed by atoms with Gasteiger partial charge in [-0.3, -0.25) is 0 Å². The Labute approximate surface area is 210 Å². The average Bonchev–Trinajstić information content (AvgIpc) is 2.81. The maximum atomic E-state index is 13.2. The van der Waals surface area contributed by atoms with Crippen molar-refractivity contribution in [2.75, 3.05) is 6.54 Å². The van der Waals surface area contributed by atoms with Crippen molar-refractivity contribution in [3.63, 3.8) is 0 Å². The largest absolute Gasteiger partial charge is 0.478 e. The Morgan fingerprint density at radius 1 is 1.09 bits per heavy atom. The highest BCUT2D eigenvalue weighted by Crippen LogP contribution is 2.26. The van der Waals surface area contributed by atoms with E-state index in [2.05, 4.69) is 5.32 Å². The van der Waals surface area contributed by atoms with E-state index in [0.29, 0.717) is 23.6 Å². The van der Waals surface area contributed by atoms with Gasteiger partial charge >= 0.3 is 5.97 Å². The van der Waals surface area contributed by atoms with Crippen molar-refractivity contribution < 1.29 is 23.4 Å². The van der Waals surface area contributed by atoms with Gasteiger partial charge in [0.15, 0.2) is 0 Å². The fourth-order valence-corrected chi connectivity index (χ4v) is 5.34. The summed E-state index contributed by atoms with van der Waals surface area (Å²) in [6.45, 7) is 4.16. The zero-order chi connectivity index (χ0) is 25.6. The van der Waals surface area contributed by atoms with Crippen molar-refractivity contribution in [3.8, 4) is 0 Å². The highest BCUT2D eigenvalue weighted by atomic mass is 35.5. The van der Waals surface area contributed by atoms with Crippen molar-refractivity contribution in [2.24, 2.45) is 0 Å². The minimum Gasteiger partial charge on any atom is -0.478 e. The van der Waals surface area contributed by atoms with Crippen molar-refractivity contribution >= 4 is 33.5 Å². The number of carboxylic acids is 1. The molecule has 3 rings (SSSR count). The number of aliphatic hydroxyl groups excluding tert-OH is 1. The average molecular weight is 514 g/mol. The Morgan fingerprint density at radius 3 is 2.46 bits per heavy atom. The van der Waals surface area contributed by atoms with Crippen LogP contribution < -0.4 is 5.32 Å². The predicted octanol–water partition coefficient (Wildman–Crippen LogP) is 4.83. The van der Waals surface area contributed by atoms with Crippen LogP contribution in [-0.2, 0) is 21.1 Å². The molecule has 0 aliphatic rings. The molecule has 0 radical (unpaired) electrons. The van der Waals surface area contributed by atoms with Gasteiger partial charge in [0.1, 0.15) is 0 Å². The van der Waals surface area contributed by atoms with E-state index < -0.39 is 21.9 Å². The molecule has 3 aromatic rings. The van der Waals surface area contributed by atoms with E-state index in [1.807, 2.05) is 19.9 Å². The van der Waals surface area contributed by atoms with Crippen LogP contribution in [0.3, 0.4) is 0 Å². The normalized spacial score (nSPS) is 13.6. The molecule has 0 saturated heterocycles. The molecule has 184 valence electrons. The predicted molar refractivity (Wildman–Crippen MR) is 137 cm³/mol. The lowest BCUT2D eigenvalue weighted by Gasteiger charge is -2.18. The second kappa shape index (κ2) is 11.6. The number of sulfone groups is 1. The highest BCUT2D eigenvalue weighted by Gasteiger charge is 2.21. The molecule has 0 bridgehead atoms. The topological polar surface area (TPSA) is 104 Å². The summed E-state index contributed by atoms with van der Waals surface area (Å²) in [5.41, 5.74) is 2.83. The van der Waals surface area contributed by atoms with Crippen LogP contribution in [0.25, 0.3) is 6.08 Å². The van der Waals surface area contributed by atoms with Crippen LogP contribution in [0, 0.1) is 6.92 Å². The Balaban J connectivity index is 1.69. The van der Waals surface area contributed by atoms with Crippen LogP contribution in [0.5, 0.6) is 0 Å². The number of halogens is 1. The van der Waals surface area contributed by atoms with E-state index in [1.165, 1.54) is 12.1 Å². The summed E-state index contributed by atoms with van der Waals surface area (Å²) in [4.78, 5) is 11.1. The van der Waals surface area contributed by atoms with Gasteiger partial charge in [0.2, 0.25) is 9.84 Å². The first kappa shape index (κ1) is 26.6. The van der Waals surface area contributed by atoms with Gasteiger partial charge in [0, 0.05) is 23.7 Å². The van der Waals surface area contributed by atoms with Crippen molar-refractivity contribution in [1.82, 2.24) is 5.32 Å². The quantitative estimate of drug-likeness (QED) is 0.335. The smallest absolute Gasteiger partial charge is 0.328 e. The molecule has 35 heavy (non-hydrogen) atoms. The minimum atomic E-state index is -3.84. The van der Waals surface area contributed by atoms with Crippen molar-refractivity contribution in [1.29, 1.82) is 0 Å². The summed E-state index contributed by atoms with van der Waals surface area (Å²) in [7, 11) is -3.84. The number of carboxylic acid groups (broad SMARTS) is 1. The molecule has 0 aliphatic carbocycles. The first-order valence-electron chi connectivity index (χ1n) is 11.1. The first-order valence-corrected chi connectivity index (χ1v) is 12.9. The number of rotatable bonds is 10. The van der Waals surface area contributed by atoms with Gasteiger partial charge in [0.25, 0.3) is 0 Å². The van der Waals surface area contributed by atoms with Crippen molar-refractivity contribution in [2.45, 2.75) is 42.2 Å². The Hall–Kier alpha value is -2.97. The van der Waals surface area contributed by atoms with E-state index >= 15 is 0 Å². The molecule has 3 aromatic carbocycles. The molecule has 0 aliphatic heterocycles. The maximum absolute atomic E-state index is 13.2. The number of nitrogens with one attached hydrogen (secondary N) is 1. The number of hydrogen-bond donors (Lipinski definition) is 3. The van der Waals surface area contributed by atoms with Gasteiger partial charge in [-0.15, -0.1) is 0 Å². The third kappa shape index (κ3) is 7.26. The molecular formula is C27H28ClNO5S. The zero-order valence-corrected chi connectivity index (χ0v) is 21.1. The Morgan fingerprint density at radius 2 is 1.80 bits per heavy atom. The van der Waals surface area contributed by atoms with E-state index in [0.717, 1.165) is 22.8 Å². The van der Waals surface area contributed by atoms with Crippen LogP contribution in [0.1, 0.15) is 35.3 Å². The van der Waals surface area contributed by atoms with Gasteiger partial charge < -0.3 is 15.5 Å². The highest BCUT2D eigenvalue weighted by molar-refractivity contribution is 7.91. The molecule has 3 N–H and O–H groups in total. The van der Waals surface area contributed by atoms with E-state index in [4.69, 9.17) is 16.7 Å². The molecule has 0 heterocycles. The summed E-state index contributed by atoms with van der Waals surface area (Å²) in [6, 6.07) is 18.6. The second-order valence-corrected chi connectivity index (χ2v) is 10.8. The van der Waals surface area contributed by atoms with Crippen LogP contribution >= 0.6 is 11.6 Å². The molecule has 0 aromatic heterocycles. The lowest BCUT2D eigenvalue weighted by molar-refractivity contribution is -0.131. The molecule has 0 amide bonds. The first-order chi connectivity index (χ1) is 16.6. The summed E-state index contributed by atoms with van der Waals surface area (Å²) in [6.07, 6.45) is 2.17. The van der Waals surface area contributed by atoms with Gasteiger partial charge in [-0.1, -0.05) is 53.6 Å². The third-order valence-corrected chi connectivity index (χ3v) is 7.61. The van der Waals surface area contributed by atoms with Crippen LogP contribution in [0.2, 0.25) is 5.02 Å². The minimum absolute atomic E-state index is 0.0381. The van der Waals surface area contributed by atoms with Gasteiger partial charge in [-0.2, -0.15) is 0 Å². The number of aliphatic carboxylic acids is 1. The van der Waals surface area contributed by atoms with Crippen LogP contribution in [0.15, 0.2) is 82.6 Å². The standard InChI is InChI=1S/C27H28ClNO5S/c1-18-6-12-26(22(14-18)9-13-27(31)32)35(33,34)24-10-7-20(8-11-24)15-19(2)29-17-25(30)21-4-3-5-23(28)16-21/h3-14,16,19,25,29-30H,15,17H2,1-2H3,(H,31,32)/b13-9+/t19-,25+/m1/s1. The van der Waals surface area contributed by atoms with Crippen LogP contribution in [-0.4, -0.2) is 37.2 Å². The molecule has 0 saturated carbocycles. The van der Waals surface area contributed by atoms with Gasteiger partial charge in [0.05, 0.1) is 15.9 Å². The van der Waals surface area contributed by atoms with Gasteiger partial charge in [-0.05, 0) is 73.4 Å². The maximum Gasteiger partial charge on any atom is 0.328 e. The number of carbonyl (C=O) groups is 1. The lowest BCUT2D eigenvalue weighted by atomic mass is 10.1. The fraction of sp³-hybridized carbons (Fsp3) is 0.222. The van der Waals surface area contributed by atoms with E-state index in [-0.39, 0.29) is 15.8 Å². The SMILES string of the molecule is Cc1ccc(S(=O)(=O)c2ccc(C[C@@H](C)NC[C@H](O)c3cccc(Cl)c3)cc2)c(/C=C/C(=O)O)c1. The fourth-order valence-electron chi connectivity index (χ4n) is 3.71. The van der Waals surface area contributed by atoms with E-state index in [9.17, 15) is 18.3 Å². The number of aryl methyl sites for hydroxylation is 1. The number of aliphatic hydroxyl groups is 1. The monoisotopic (exact) mass is 513 g/mol. The second-order valence-electron chi connectivity index (χ2n) is 8.44. The summed E-state index contributed by atoms with van der Waals surface area (Å²) in [5, 5.41) is 23.2. The van der Waals surface area contributed by atoms with Crippen LogP contribution in [0.4, 0.5) is 0 Å². The zero-order valence-electron chi connectivity index (χ0n) is 19.5. The molecule has 8 heteroatoms.